The molecule has 140 valence electrons. The van der Waals surface area contributed by atoms with E-state index in [-0.39, 0.29) is 17.2 Å². The molecule has 2 aromatic carbocycles. The lowest BCUT2D eigenvalue weighted by molar-refractivity contribution is -0.113. The maximum Gasteiger partial charge on any atom is 0.276 e. The van der Waals surface area contributed by atoms with E-state index < -0.39 is 5.82 Å². The Labute approximate surface area is 167 Å². The summed E-state index contributed by atoms with van der Waals surface area (Å²) in [5.41, 5.74) is 1.50. The van der Waals surface area contributed by atoms with Gasteiger partial charge in [0.15, 0.2) is 5.16 Å². The van der Waals surface area contributed by atoms with Crippen LogP contribution in [0.1, 0.15) is 0 Å². The Morgan fingerprint density at radius 3 is 2.75 bits per heavy atom. The number of benzene rings is 2. The summed E-state index contributed by atoms with van der Waals surface area (Å²) in [6.07, 6.45) is 0. The molecule has 0 unspecified atom stereocenters. The molecule has 1 amide bonds. The van der Waals surface area contributed by atoms with Gasteiger partial charge >= 0.3 is 0 Å². The molecule has 8 heteroatoms. The molecule has 4 rings (SSSR count). The average molecular weight is 411 g/mol. The third kappa shape index (κ3) is 3.83. The smallest absolute Gasteiger partial charge is 0.276 e. The zero-order valence-corrected chi connectivity index (χ0v) is 16.1. The van der Waals surface area contributed by atoms with Crippen LogP contribution in [0.15, 0.2) is 76.0 Å². The molecule has 0 aliphatic carbocycles. The van der Waals surface area contributed by atoms with Gasteiger partial charge in [-0.15, -0.1) is 11.3 Å². The number of nitrogens with zero attached hydrogens (tertiary/aromatic N) is 2. The van der Waals surface area contributed by atoms with Crippen molar-refractivity contribution in [2.24, 2.45) is 0 Å². The molecule has 1 N–H and O–H groups in total. The minimum Gasteiger partial charge on any atom is -0.325 e. The number of thiophene rings is 1. The number of amides is 1. The lowest BCUT2D eigenvalue weighted by Gasteiger charge is -2.12. The quantitative estimate of drug-likeness (QED) is 0.392. The number of fused-ring (bicyclic) bond motifs is 1. The van der Waals surface area contributed by atoms with Gasteiger partial charge in [-0.2, -0.15) is 0 Å². The van der Waals surface area contributed by atoms with Gasteiger partial charge in [-0.25, -0.2) is 9.37 Å². The Bertz CT molecular complexity index is 1210. The topological polar surface area (TPSA) is 64.0 Å². The van der Waals surface area contributed by atoms with Crippen LogP contribution < -0.4 is 10.9 Å². The van der Waals surface area contributed by atoms with Gasteiger partial charge < -0.3 is 5.32 Å². The Kier molecular flexibility index (Phi) is 5.23. The van der Waals surface area contributed by atoms with Crippen LogP contribution in [0.2, 0.25) is 0 Å². The van der Waals surface area contributed by atoms with E-state index in [1.807, 2.05) is 35.7 Å². The molecule has 0 aliphatic heterocycles. The van der Waals surface area contributed by atoms with Gasteiger partial charge in [0.2, 0.25) is 5.91 Å². The van der Waals surface area contributed by atoms with Crippen molar-refractivity contribution in [3.63, 3.8) is 0 Å². The summed E-state index contributed by atoms with van der Waals surface area (Å²) >= 11 is 2.50. The number of rotatable bonds is 5. The molecule has 4 aromatic rings. The first-order chi connectivity index (χ1) is 13.6. The van der Waals surface area contributed by atoms with Crippen LogP contribution in [-0.4, -0.2) is 21.2 Å². The predicted octanol–water partition coefficient (Wildman–Crippen LogP) is 4.32. The van der Waals surface area contributed by atoms with E-state index in [0.717, 1.165) is 11.8 Å². The molecule has 0 saturated carbocycles. The number of halogens is 1. The number of carbonyl (C=O) groups excluding carboxylic acids is 1. The fourth-order valence-electron chi connectivity index (χ4n) is 2.69. The molecule has 0 bridgehead atoms. The van der Waals surface area contributed by atoms with E-state index in [1.165, 1.54) is 34.1 Å². The van der Waals surface area contributed by atoms with Gasteiger partial charge in [0, 0.05) is 5.69 Å². The van der Waals surface area contributed by atoms with Crippen molar-refractivity contribution in [1.29, 1.82) is 0 Å². The molecule has 0 fully saturated rings. The summed E-state index contributed by atoms with van der Waals surface area (Å²) in [5, 5.41) is 4.89. The highest BCUT2D eigenvalue weighted by Gasteiger charge is 2.15. The first kappa shape index (κ1) is 18.4. The minimum atomic E-state index is -0.423. The van der Waals surface area contributed by atoms with Crippen LogP contribution in [0.4, 0.5) is 10.1 Å². The standard InChI is InChI=1S/C20H14FN3O2S2/c21-13-5-4-6-14(11-13)22-17(25)12-28-20-23-16-9-10-27-18(16)19(26)24(20)15-7-2-1-3-8-15/h1-11H,12H2,(H,22,25). The first-order valence-corrected chi connectivity index (χ1v) is 10.2. The van der Waals surface area contributed by atoms with Gasteiger partial charge in [-0.05, 0) is 41.8 Å². The highest BCUT2D eigenvalue weighted by molar-refractivity contribution is 7.99. The fourth-order valence-corrected chi connectivity index (χ4v) is 4.26. The molecule has 28 heavy (non-hydrogen) atoms. The highest BCUT2D eigenvalue weighted by Crippen LogP contribution is 2.23. The van der Waals surface area contributed by atoms with E-state index in [0.29, 0.717) is 26.7 Å². The van der Waals surface area contributed by atoms with Crippen molar-refractivity contribution in [3.05, 3.63) is 82.2 Å². The number of carbonyl (C=O) groups is 1. The largest absolute Gasteiger partial charge is 0.325 e. The highest BCUT2D eigenvalue weighted by atomic mass is 32.2. The second-order valence-corrected chi connectivity index (χ2v) is 7.71. The number of para-hydroxylation sites is 1. The Balaban J connectivity index is 1.63. The number of nitrogens with one attached hydrogen (secondary N) is 1. The van der Waals surface area contributed by atoms with E-state index in [2.05, 4.69) is 10.3 Å². The second kappa shape index (κ2) is 7.95. The second-order valence-electron chi connectivity index (χ2n) is 5.85. The molecular formula is C20H14FN3O2S2. The maximum absolute atomic E-state index is 13.3. The van der Waals surface area contributed by atoms with Gasteiger partial charge in [-0.3, -0.25) is 14.2 Å². The van der Waals surface area contributed by atoms with Crippen molar-refractivity contribution < 1.29 is 9.18 Å². The monoisotopic (exact) mass is 411 g/mol. The number of hydrogen-bond donors (Lipinski definition) is 1. The fraction of sp³-hybridized carbons (Fsp3) is 0.0500. The van der Waals surface area contributed by atoms with Crippen molar-refractivity contribution in [2.45, 2.75) is 5.16 Å². The normalized spacial score (nSPS) is 10.9. The van der Waals surface area contributed by atoms with Crippen LogP contribution >= 0.6 is 23.1 Å². The lowest BCUT2D eigenvalue weighted by atomic mass is 10.3. The zero-order valence-electron chi connectivity index (χ0n) is 14.5. The number of anilines is 1. The van der Waals surface area contributed by atoms with Crippen LogP contribution in [-0.2, 0) is 4.79 Å². The van der Waals surface area contributed by atoms with Crippen molar-refractivity contribution >= 4 is 44.9 Å². The Hall–Kier alpha value is -2.97. The number of hydrogen-bond acceptors (Lipinski definition) is 5. The molecule has 2 aromatic heterocycles. The van der Waals surface area contributed by atoms with E-state index in [1.54, 1.807) is 12.1 Å². The van der Waals surface area contributed by atoms with Crippen molar-refractivity contribution in [1.82, 2.24) is 9.55 Å². The molecular weight excluding hydrogens is 397 g/mol. The van der Waals surface area contributed by atoms with Crippen molar-refractivity contribution in [2.75, 3.05) is 11.1 Å². The third-order valence-electron chi connectivity index (χ3n) is 3.90. The van der Waals surface area contributed by atoms with Crippen molar-refractivity contribution in [3.8, 4) is 5.69 Å². The Morgan fingerprint density at radius 1 is 1.14 bits per heavy atom. The minimum absolute atomic E-state index is 0.0332. The summed E-state index contributed by atoms with van der Waals surface area (Å²) in [6.45, 7) is 0. The molecule has 0 radical (unpaired) electrons. The van der Waals surface area contributed by atoms with Crippen LogP contribution in [0, 0.1) is 5.82 Å². The summed E-state index contributed by atoms with van der Waals surface area (Å²) < 4.78 is 15.3. The van der Waals surface area contributed by atoms with Crippen LogP contribution in [0.25, 0.3) is 15.9 Å². The molecule has 5 nitrogen and oxygen atoms in total. The van der Waals surface area contributed by atoms with Crippen LogP contribution in [0.5, 0.6) is 0 Å². The first-order valence-electron chi connectivity index (χ1n) is 8.36. The van der Waals surface area contributed by atoms with E-state index in [4.69, 9.17) is 0 Å². The number of thioether (sulfide) groups is 1. The Morgan fingerprint density at radius 2 is 1.96 bits per heavy atom. The average Bonchev–Trinajstić information content (AvgIpc) is 3.16. The van der Waals surface area contributed by atoms with Gasteiger partial charge in [0.25, 0.3) is 5.56 Å². The van der Waals surface area contributed by atoms with Gasteiger partial charge in [0.05, 0.1) is 17.0 Å². The SMILES string of the molecule is O=C(CSc1nc2ccsc2c(=O)n1-c1ccccc1)Nc1cccc(F)c1. The zero-order chi connectivity index (χ0) is 19.5. The van der Waals surface area contributed by atoms with Crippen LogP contribution in [0.3, 0.4) is 0 Å². The summed E-state index contributed by atoms with van der Waals surface area (Å²) in [5.74, 6) is -0.700. The molecule has 2 heterocycles. The molecule has 0 spiro atoms. The van der Waals surface area contributed by atoms with Gasteiger partial charge in [-0.1, -0.05) is 36.0 Å². The third-order valence-corrected chi connectivity index (χ3v) is 5.73. The lowest BCUT2D eigenvalue weighted by Crippen LogP contribution is -2.22. The van der Waals surface area contributed by atoms with E-state index in [9.17, 15) is 14.0 Å². The van der Waals surface area contributed by atoms with Gasteiger partial charge in [0.1, 0.15) is 10.5 Å². The predicted molar refractivity (Wildman–Crippen MR) is 111 cm³/mol. The number of aromatic nitrogens is 2. The summed E-state index contributed by atoms with van der Waals surface area (Å²) in [4.78, 5) is 29.8. The van der Waals surface area contributed by atoms with E-state index >= 15 is 0 Å². The molecule has 0 saturated heterocycles. The molecule has 0 aliphatic rings. The summed E-state index contributed by atoms with van der Waals surface area (Å²) in [7, 11) is 0. The maximum atomic E-state index is 13.3. The summed E-state index contributed by atoms with van der Waals surface area (Å²) in [6, 6.07) is 16.7. The molecule has 0 atom stereocenters.